The van der Waals surface area contributed by atoms with Crippen LogP contribution in [0.4, 0.5) is 0 Å². The number of rotatable bonds is 8. The number of ether oxygens (including phenoxy) is 1. The van der Waals surface area contributed by atoms with Crippen LogP contribution in [0.3, 0.4) is 0 Å². The van der Waals surface area contributed by atoms with Gasteiger partial charge in [-0.3, -0.25) is 4.79 Å². The maximum absolute atomic E-state index is 12.8. The maximum Gasteiger partial charge on any atom is 0.332 e. The van der Waals surface area contributed by atoms with E-state index >= 15 is 0 Å². The Morgan fingerprint density at radius 1 is 0.880 bits per heavy atom. The molecule has 0 aliphatic carbocycles. The second-order valence-corrected chi connectivity index (χ2v) is 5.92. The first-order chi connectivity index (χ1) is 12.0. The standard InChI is InChI=1S/C20H23NO4/c1-15(25-16(2)20(23)24)19(22)21(13-17-9-5-3-6-10-17)14-18-11-7-4-8-12-18/h3-12,15-16H,13-14H2,1-2H3,(H,23,24). The third kappa shape index (κ3) is 5.72. The molecule has 0 aliphatic heterocycles. The maximum atomic E-state index is 12.8. The summed E-state index contributed by atoms with van der Waals surface area (Å²) >= 11 is 0. The Morgan fingerprint density at radius 3 is 1.72 bits per heavy atom. The van der Waals surface area contributed by atoms with E-state index in [1.807, 2.05) is 60.7 Å². The zero-order chi connectivity index (χ0) is 18.2. The molecule has 0 fully saturated rings. The molecule has 2 aromatic rings. The first-order valence-corrected chi connectivity index (χ1v) is 8.22. The molecule has 1 N–H and O–H groups in total. The fraction of sp³-hybridized carbons (Fsp3) is 0.300. The number of amides is 1. The molecule has 0 radical (unpaired) electrons. The Kier molecular flexibility index (Phi) is 6.71. The van der Waals surface area contributed by atoms with Gasteiger partial charge in [-0.1, -0.05) is 60.7 Å². The monoisotopic (exact) mass is 341 g/mol. The van der Waals surface area contributed by atoms with Crippen molar-refractivity contribution in [1.82, 2.24) is 4.90 Å². The summed E-state index contributed by atoms with van der Waals surface area (Å²) in [7, 11) is 0. The number of carbonyl (C=O) groups is 2. The number of hydrogen-bond acceptors (Lipinski definition) is 3. The summed E-state index contributed by atoms with van der Waals surface area (Å²) in [5, 5.41) is 8.97. The van der Waals surface area contributed by atoms with Gasteiger partial charge in [0.15, 0.2) is 6.10 Å². The van der Waals surface area contributed by atoms with Gasteiger partial charge in [0, 0.05) is 13.1 Å². The summed E-state index contributed by atoms with van der Waals surface area (Å²) in [6.07, 6.45) is -1.87. The molecule has 2 unspecified atom stereocenters. The summed E-state index contributed by atoms with van der Waals surface area (Å²) in [6, 6.07) is 19.4. The molecule has 0 aromatic heterocycles. The highest BCUT2D eigenvalue weighted by Crippen LogP contribution is 2.13. The molecule has 2 atom stereocenters. The van der Waals surface area contributed by atoms with E-state index in [9.17, 15) is 9.59 Å². The molecule has 1 amide bonds. The Bertz CT molecular complexity index is 646. The van der Waals surface area contributed by atoms with Gasteiger partial charge in [0.05, 0.1) is 0 Å². The van der Waals surface area contributed by atoms with Crippen LogP contribution in [0.1, 0.15) is 25.0 Å². The largest absolute Gasteiger partial charge is 0.479 e. The van der Waals surface area contributed by atoms with Crippen molar-refractivity contribution in [1.29, 1.82) is 0 Å². The van der Waals surface area contributed by atoms with E-state index in [0.29, 0.717) is 13.1 Å². The lowest BCUT2D eigenvalue weighted by molar-refractivity contribution is -0.159. The number of hydrogen-bond donors (Lipinski definition) is 1. The van der Waals surface area contributed by atoms with Gasteiger partial charge >= 0.3 is 5.97 Å². The lowest BCUT2D eigenvalue weighted by Gasteiger charge is -2.27. The van der Waals surface area contributed by atoms with Gasteiger partial charge in [-0.05, 0) is 25.0 Å². The average molecular weight is 341 g/mol. The second kappa shape index (κ2) is 8.99. The highest BCUT2D eigenvalue weighted by Gasteiger charge is 2.25. The summed E-state index contributed by atoms with van der Waals surface area (Å²) < 4.78 is 5.34. The molecule has 2 aromatic carbocycles. The summed E-state index contributed by atoms with van der Waals surface area (Å²) in [4.78, 5) is 25.5. The van der Waals surface area contributed by atoms with E-state index in [0.717, 1.165) is 11.1 Å². The Hall–Kier alpha value is -2.66. The van der Waals surface area contributed by atoms with Crippen molar-refractivity contribution in [2.75, 3.05) is 0 Å². The molecule has 2 rings (SSSR count). The molecule has 0 aliphatic rings. The van der Waals surface area contributed by atoms with Crippen LogP contribution in [0.2, 0.25) is 0 Å². The molecule has 0 saturated carbocycles. The fourth-order valence-electron chi connectivity index (χ4n) is 2.50. The number of carbonyl (C=O) groups excluding carboxylic acids is 1. The summed E-state index contributed by atoms with van der Waals surface area (Å²) in [6.45, 7) is 3.88. The van der Waals surface area contributed by atoms with Crippen LogP contribution < -0.4 is 0 Å². The third-order valence-electron chi connectivity index (χ3n) is 3.85. The molecule has 25 heavy (non-hydrogen) atoms. The molecule has 0 saturated heterocycles. The molecule has 5 nitrogen and oxygen atoms in total. The lowest BCUT2D eigenvalue weighted by atomic mass is 10.1. The minimum Gasteiger partial charge on any atom is -0.479 e. The minimum absolute atomic E-state index is 0.235. The van der Waals surface area contributed by atoms with Crippen molar-refractivity contribution in [3.05, 3.63) is 71.8 Å². The van der Waals surface area contributed by atoms with Crippen molar-refractivity contribution in [3.8, 4) is 0 Å². The molecule has 0 bridgehead atoms. The average Bonchev–Trinajstić information content (AvgIpc) is 2.62. The second-order valence-electron chi connectivity index (χ2n) is 5.92. The predicted octanol–water partition coefficient (Wildman–Crippen LogP) is 3.09. The normalized spacial score (nSPS) is 13.0. The zero-order valence-electron chi connectivity index (χ0n) is 14.5. The van der Waals surface area contributed by atoms with Crippen LogP contribution in [0.25, 0.3) is 0 Å². The van der Waals surface area contributed by atoms with Crippen molar-refractivity contribution in [2.45, 2.75) is 39.1 Å². The third-order valence-corrected chi connectivity index (χ3v) is 3.85. The number of carboxylic acids is 1. The van der Waals surface area contributed by atoms with Crippen LogP contribution in [0.5, 0.6) is 0 Å². The van der Waals surface area contributed by atoms with Crippen molar-refractivity contribution < 1.29 is 19.4 Å². The molecule has 132 valence electrons. The first-order valence-electron chi connectivity index (χ1n) is 8.22. The van der Waals surface area contributed by atoms with Gasteiger partial charge in [0.1, 0.15) is 6.10 Å². The van der Waals surface area contributed by atoms with E-state index in [1.54, 1.807) is 11.8 Å². The van der Waals surface area contributed by atoms with E-state index in [2.05, 4.69) is 0 Å². The highest BCUT2D eigenvalue weighted by atomic mass is 16.5. The van der Waals surface area contributed by atoms with Crippen molar-refractivity contribution in [3.63, 3.8) is 0 Å². The minimum atomic E-state index is -1.09. The summed E-state index contributed by atoms with van der Waals surface area (Å²) in [5.41, 5.74) is 2.01. The number of carboxylic acid groups (broad SMARTS) is 1. The molecule has 5 heteroatoms. The molecule has 0 heterocycles. The Morgan fingerprint density at radius 2 is 1.32 bits per heavy atom. The van der Waals surface area contributed by atoms with E-state index in [4.69, 9.17) is 9.84 Å². The van der Waals surface area contributed by atoms with Gasteiger partial charge in [-0.15, -0.1) is 0 Å². The van der Waals surface area contributed by atoms with Crippen LogP contribution in [0.15, 0.2) is 60.7 Å². The van der Waals surface area contributed by atoms with Crippen LogP contribution in [-0.2, 0) is 27.4 Å². The van der Waals surface area contributed by atoms with Gasteiger partial charge < -0.3 is 14.7 Å². The summed E-state index contributed by atoms with van der Waals surface area (Å²) in [5.74, 6) is -1.32. The van der Waals surface area contributed by atoms with E-state index in [-0.39, 0.29) is 5.91 Å². The SMILES string of the molecule is CC(OC(C)C(=O)N(Cc1ccccc1)Cc1ccccc1)C(=O)O. The molecule has 0 spiro atoms. The van der Waals surface area contributed by atoms with Crippen LogP contribution >= 0.6 is 0 Å². The van der Waals surface area contributed by atoms with Gasteiger partial charge in [-0.25, -0.2) is 4.79 Å². The number of aliphatic carboxylic acids is 1. The van der Waals surface area contributed by atoms with Crippen molar-refractivity contribution >= 4 is 11.9 Å². The van der Waals surface area contributed by atoms with Gasteiger partial charge in [0.2, 0.25) is 0 Å². The fourth-order valence-corrected chi connectivity index (χ4v) is 2.50. The predicted molar refractivity (Wildman–Crippen MR) is 94.8 cm³/mol. The Labute approximate surface area is 147 Å². The topological polar surface area (TPSA) is 66.8 Å². The zero-order valence-corrected chi connectivity index (χ0v) is 14.5. The lowest BCUT2D eigenvalue weighted by Crippen LogP contribution is -2.40. The van der Waals surface area contributed by atoms with Crippen LogP contribution in [0, 0.1) is 0 Å². The smallest absolute Gasteiger partial charge is 0.332 e. The quantitative estimate of drug-likeness (QED) is 0.801. The number of nitrogens with zero attached hydrogens (tertiary/aromatic N) is 1. The number of benzene rings is 2. The van der Waals surface area contributed by atoms with Gasteiger partial charge in [0.25, 0.3) is 5.91 Å². The van der Waals surface area contributed by atoms with Gasteiger partial charge in [-0.2, -0.15) is 0 Å². The van der Waals surface area contributed by atoms with Crippen LogP contribution in [-0.4, -0.2) is 34.1 Å². The Balaban J connectivity index is 2.14. The van der Waals surface area contributed by atoms with E-state index < -0.39 is 18.2 Å². The first kappa shape index (κ1) is 18.7. The van der Waals surface area contributed by atoms with E-state index in [1.165, 1.54) is 6.92 Å². The molecular formula is C20H23NO4. The molecular weight excluding hydrogens is 318 g/mol. The highest BCUT2D eigenvalue weighted by molar-refractivity contribution is 5.81. The van der Waals surface area contributed by atoms with Crippen molar-refractivity contribution in [2.24, 2.45) is 0 Å².